The fourth-order valence-electron chi connectivity index (χ4n) is 1.96. The number of anilines is 3. The highest BCUT2D eigenvalue weighted by Crippen LogP contribution is 2.27. The molecule has 0 aliphatic heterocycles. The van der Waals surface area contributed by atoms with E-state index in [1.807, 2.05) is 55.5 Å². The average Bonchev–Trinajstić information content (AvgIpc) is 2.84. The number of aromatic nitrogens is 3. The molecule has 0 saturated heterocycles. The summed E-state index contributed by atoms with van der Waals surface area (Å²) in [5.41, 5.74) is 7.40. The Kier molecular flexibility index (Phi) is 3.42. The standard InChI is InChI=1S/C15H15N5O/c1-10-7-11(17-15-18-14(16)19-20-15)9-13(8-10)21-12-5-3-2-4-6-12/h2-9H,1H3,(H4,16,17,18,19,20). The van der Waals surface area contributed by atoms with Crippen molar-refractivity contribution in [2.75, 3.05) is 11.1 Å². The van der Waals surface area contributed by atoms with E-state index in [0.717, 1.165) is 22.7 Å². The van der Waals surface area contributed by atoms with Crippen molar-refractivity contribution in [2.24, 2.45) is 0 Å². The second-order valence-corrected chi connectivity index (χ2v) is 4.62. The van der Waals surface area contributed by atoms with Crippen LogP contribution in [0.2, 0.25) is 0 Å². The highest BCUT2D eigenvalue weighted by atomic mass is 16.5. The summed E-state index contributed by atoms with van der Waals surface area (Å²) in [7, 11) is 0. The van der Waals surface area contributed by atoms with E-state index in [9.17, 15) is 0 Å². The second kappa shape index (κ2) is 5.54. The second-order valence-electron chi connectivity index (χ2n) is 4.62. The molecule has 21 heavy (non-hydrogen) atoms. The first-order chi connectivity index (χ1) is 10.2. The van der Waals surface area contributed by atoms with Gasteiger partial charge in [-0.1, -0.05) is 18.2 Å². The minimum atomic E-state index is 0.269. The van der Waals surface area contributed by atoms with Gasteiger partial charge in [0.05, 0.1) is 0 Å². The number of aryl methyl sites for hydroxylation is 1. The monoisotopic (exact) mass is 281 g/mol. The van der Waals surface area contributed by atoms with E-state index in [-0.39, 0.29) is 5.95 Å². The van der Waals surface area contributed by atoms with E-state index >= 15 is 0 Å². The maximum atomic E-state index is 5.83. The van der Waals surface area contributed by atoms with Gasteiger partial charge in [0.2, 0.25) is 11.9 Å². The van der Waals surface area contributed by atoms with Gasteiger partial charge in [-0.05, 0) is 36.8 Å². The Bertz CT molecular complexity index is 739. The third-order valence-electron chi connectivity index (χ3n) is 2.79. The van der Waals surface area contributed by atoms with Gasteiger partial charge in [0, 0.05) is 11.8 Å². The number of nitrogens with zero attached hydrogens (tertiary/aromatic N) is 2. The first kappa shape index (κ1) is 13.0. The lowest BCUT2D eigenvalue weighted by molar-refractivity contribution is 0.482. The number of benzene rings is 2. The molecule has 3 aromatic rings. The highest BCUT2D eigenvalue weighted by Gasteiger charge is 2.04. The minimum absolute atomic E-state index is 0.269. The van der Waals surface area contributed by atoms with Gasteiger partial charge in [-0.3, -0.25) is 0 Å². The number of ether oxygens (including phenoxy) is 1. The van der Waals surface area contributed by atoms with Crippen LogP contribution >= 0.6 is 0 Å². The fraction of sp³-hybridized carbons (Fsp3) is 0.0667. The quantitative estimate of drug-likeness (QED) is 0.683. The van der Waals surface area contributed by atoms with Crippen molar-refractivity contribution >= 4 is 17.6 Å². The Morgan fingerprint density at radius 2 is 1.90 bits per heavy atom. The van der Waals surface area contributed by atoms with Gasteiger partial charge in [-0.2, -0.15) is 4.98 Å². The van der Waals surface area contributed by atoms with Crippen molar-refractivity contribution < 1.29 is 4.74 Å². The van der Waals surface area contributed by atoms with Crippen LogP contribution in [0.5, 0.6) is 11.5 Å². The number of nitrogen functional groups attached to an aromatic ring is 1. The average molecular weight is 281 g/mol. The number of H-pyrrole nitrogens is 1. The van der Waals surface area contributed by atoms with Gasteiger partial charge >= 0.3 is 0 Å². The van der Waals surface area contributed by atoms with Crippen LogP contribution in [-0.4, -0.2) is 15.2 Å². The molecule has 2 aromatic carbocycles. The molecule has 0 aliphatic rings. The molecule has 0 atom stereocenters. The van der Waals surface area contributed by atoms with Crippen molar-refractivity contribution in [1.82, 2.24) is 15.2 Å². The number of hydrogen-bond acceptors (Lipinski definition) is 5. The number of rotatable bonds is 4. The molecule has 0 bridgehead atoms. The molecule has 1 heterocycles. The van der Waals surface area contributed by atoms with Gasteiger partial charge in [0.15, 0.2) is 0 Å². The van der Waals surface area contributed by atoms with Crippen LogP contribution in [0.4, 0.5) is 17.6 Å². The highest BCUT2D eigenvalue weighted by molar-refractivity contribution is 5.58. The zero-order valence-corrected chi connectivity index (χ0v) is 11.5. The number of aromatic amines is 1. The fourth-order valence-corrected chi connectivity index (χ4v) is 1.96. The third-order valence-corrected chi connectivity index (χ3v) is 2.79. The summed E-state index contributed by atoms with van der Waals surface area (Å²) in [6.45, 7) is 2.00. The lowest BCUT2D eigenvalue weighted by atomic mass is 10.2. The van der Waals surface area contributed by atoms with Crippen LogP contribution < -0.4 is 15.8 Å². The predicted octanol–water partition coefficient (Wildman–Crippen LogP) is 3.23. The Morgan fingerprint density at radius 1 is 1.10 bits per heavy atom. The molecule has 0 aliphatic carbocycles. The first-order valence-electron chi connectivity index (χ1n) is 6.48. The first-order valence-corrected chi connectivity index (χ1v) is 6.48. The van der Waals surface area contributed by atoms with Crippen LogP contribution in [0.3, 0.4) is 0 Å². The van der Waals surface area contributed by atoms with Crippen LogP contribution in [0.25, 0.3) is 0 Å². The van der Waals surface area contributed by atoms with Crippen molar-refractivity contribution in [3.05, 3.63) is 54.1 Å². The molecule has 0 saturated carbocycles. The zero-order chi connectivity index (χ0) is 14.7. The molecule has 0 spiro atoms. The maximum absolute atomic E-state index is 5.83. The summed E-state index contributed by atoms with van der Waals surface area (Å²) in [6, 6.07) is 15.4. The third kappa shape index (κ3) is 3.30. The summed E-state index contributed by atoms with van der Waals surface area (Å²) in [4.78, 5) is 4.01. The normalized spacial score (nSPS) is 10.3. The van der Waals surface area contributed by atoms with E-state index in [1.54, 1.807) is 0 Å². The molecule has 0 radical (unpaired) electrons. The molecule has 0 unspecified atom stereocenters. The molecular formula is C15H15N5O. The lowest BCUT2D eigenvalue weighted by Gasteiger charge is -2.09. The Balaban J connectivity index is 1.82. The Labute approximate surface area is 122 Å². The molecule has 4 N–H and O–H groups in total. The summed E-state index contributed by atoms with van der Waals surface area (Å²) in [6.07, 6.45) is 0. The van der Waals surface area contributed by atoms with Gasteiger partial charge in [0.1, 0.15) is 11.5 Å². The van der Waals surface area contributed by atoms with Crippen LogP contribution in [0.15, 0.2) is 48.5 Å². The molecule has 6 nitrogen and oxygen atoms in total. The Morgan fingerprint density at radius 3 is 2.62 bits per heavy atom. The van der Waals surface area contributed by atoms with Crippen molar-refractivity contribution in [3.63, 3.8) is 0 Å². The van der Waals surface area contributed by atoms with Crippen molar-refractivity contribution in [1.29, 1.82) is 0 Å². The number of para-hydroxylation sites is 1. The molecule has 6 heteroatoms. The largest absolute Gasteiger partial charge is 0.457 e. The summed E-state index contributed by atoms with van der Waals surface area (Å²) >= 11 is 0. The van der Waals surface area contributed by atoms with E-state index in [0.29, 0.717) is 5.95 Å². The summed E-state index contributed by atoms with van der Waals surface area (Å²) < 4.78 is 5.83. The van der Waals surface area contributed by atoms with Crippen molar-refractivity contribution in [3.8, 4) is 11.5 Å². The molecule has 0 fully saturated rings. The lowest BCUT2D eigenvalue weighted by Crippen LogP contribution is -1.94. The number of nitrogens with two attached hydrogens (primary N) is 1. The summed E-state index contributed by atoms with van der Waals surface area (Å²) in [5, 5.41) is 9.60. The predicted molar refractivity (Wildman–Crippen MR) is 81.8 cm³/mol. The smallest absolute Gasteiger partial charge is 0.248 e. The van der Waals surface area contributed by atoms with Gasteiger partial charge in [0.25, 0.3) is 0 Å². The number of hydrogen-bond donors (Lipinski definition) is 3. The van der Waals surface area contributed by atoms with Gasteiger partial charge in [-0.15, -0.1) is 5.10 Å². The molecular weight excluding hydrogens is 266 g/mol. The van der Waals surface area contributed by atoms with Crippen LogP contribution in [0.1, 0.15) is 5.56 Å². The molecule has 1 aromatic heterocycles. The summed E-state index contributed by atoms with van der Waals surface area (Å²) in [5.74, 6) is 2.22. The molecule has 106 valence electrons. The van der Waals surface area contributed by atoms with E-state index in [1.165, 1.54) is 0 Å². The van der Waals surface area contributed by atoms with Gasteiger partial charge < -0.3 is 15.8 Å². The Hall–Kier alpha value is -3.02. The van der Waals surface area contributed by atoms with Gasteiger partial charge in [-0.25, -0.2) is 5.10 Å². The van der Waals surface area contributed by atoms with E-state index in [4.69, 9.17) is 10.5 Å². The maximum Gasteiger partial charge on any atom is 0.248 e. The topological polar surface area (TPSA) is 88.9 Å². The molecule has 0 amide bonds. The van der Waals surface area contributed by atoms with Crippen molar-refractivity contribution in [2.45, 2.75) is 6.92 Å². The van der Waals surface area contributed by atoms with Crippen LogP contribution in [-0.2, 0) is 0 Å². The van der Waals surface area contributed by atoms with Crippen LogP contribution in [0, 0.1) is 6.92 Å². The van der Waals surface area contributed by atoms with E-state index in [2.05, 4.69) is 20.5 Å². The zero-order valence-electron chi connectivity index (χ0n) is 11.5. The molecule has 3 rings (SSSR count). The SMILES string of the molecule is Cc1cc(Nc2n[nH]c(N)n2)cc(Oc2ccccc2)c1. The van der Waals surface area contributed by atoms with E-state index < -0.39 is 0 Å². The number of nitrogens with one attached hydrogen (secondary N) is 2. The minimum Gasteiger partial charge on any atom is -0.457 e.